The van der Waals surface area contributed by atoms with E-state index in [1.165, 1.54) is 11.6 Å². The lowest BCUT2D eigenvalue weighted by Gasteiger charge is -2.32. The minimum absolute atomic E-state index is 0. The number of ether oxygens (including phenoxy) is 1. The Morgan fingerprint density at radius 1 is 1.12 bits per heavy atom. The molecule has 8 heteroatoms. The van der Waals surface area contributed by atoms with Gasteiger partial charge in [0.25, 0.3) is 5.91 Å². The predicted octanol–water partition coefficient (Wildman–Crippen LogP) is 5.28. The number of likely N-dealkylation sites (tertiary alicyclic amines) is 1. The molecule has 5 rings (SSSR count). The van der Waals surface area contributed by atoms with E-state index in [4.69, 9.17) is 4.74 Å². The first-order valence-corrected chi connectivity index (χ1v) is 10.9. The average molecular weight is 492 g/mol. The molecule has 0 bridgehead atoms. The smallest absolute Gasteiger partial charge is 0.262 e. The summed E-state index contributed by atoms with van der Waals surface area (Å²) in [7, 11) is 0. The molecule has 0 radical (unpaired) electrons. The second-order valence-corrected chi connectivity index (χ2v) is 8.55. The van der Waals surface area contributed by atoms with E-state index in [1.54, 1.807) is 6.07 Å². The number of carbonyl (C=O) groups is 1. The van der Waals surface area contributed by atoms with E-state index in [1.807, 2.05) is 25.1 Å². The second kappa shape index (κ2) is 10.7. The van der Waals surface area contributed by atoms with Gasteiger partial charge < -0.3 is 15.0 Å². The highest BCUT2D eigenvalue weighted by Gasteiger charge is 2.23. The molecule has 1 saturated heterocycles. The minimum atomic E-state index is -0.202. The molecule has 0 atom stereocenters. The van der Waals surface area contributed by atoms with Crippen LogP contribution in [0.1, 0.15) is 35.6 Å². The molecular weight excluding hydrogens is 464 g/mol. The molecular formula is C25H28Cl2FN3O2. The van der Waals surface area contributed by atoms with Crippen LogP contribution < -0.4 is 10.1 Å². The number of halogens is 3. The molecule has 2 aromatic carbocycles. The first-order valence-electron chi connectivity index (χ1n) is 10.9. The van der Waals surface area contributed by atoms with E-state index in [2.05, 4.69) is 27.3 Å². The summed E-state index contributed by atoms with van der Waals surface area (Å²) in [6, 6.07) is 13.3. The fraction of sp³-hybridized carbons (Fsp3) is 0.360. The van der Waals surface area contributed by atoms with Crippen LogP contribution in [0.25, 0.3) is 10.9 Å². The van der Waals surface area contributed by atoms with E-state index >= 15 is 0 Å². The number of aromatic nitrogens is 1. The van der Waals surface area contributed by atoms with E-state index in [-0.39, 0.29) is 43.1 Å². The highest BCUT2D eigenvalue weighted by Crippen LogP contribution is 2.34. The number of nitrogens with one attached hydrogen (secondary N) is 1. The SMILES string of the molecule is Cc1ccc2c(C3CCN(CCc4ccc5c(c4)NC(=O)CO5)CC3)cc(F)cc2n1.Cl.Cl. The second-order valence-electron chi connectivity index (χ2n) is 8.55. The molecule has 3 aromatic rings. The van der Waals surface area contributed by atoms with Gasteiger partial charge in [0.1, 0.15) is 11.6 Å². The van der Waals surface area contributed by atoms with Crippen LogP contribution in [-0.2, 0) is 11.2 Å². The van der Waals surface area contributed by atoms with Crippen molar-refractivity contribution in [1.82, 2.24) is 9.88 Å². The van der Waals surface area contributed by atoms with Crippen molar-refractivity contribution < 1.29 is 13.9 Å². The maximum atomic E-state index is 14.2. The number of aryl methyl sites for hydroxylation is 1. The van der Waals surface area contributed by atoms with Crippen molar-refractivity contribution in [2.45, 2.75) is 32.1 Å². The Bertz CT molecular complexity index is 1140. The fourth-order valence-electron chi connectivity index (χ4n) is 4.71. The van der Waals surface area contributed by atoms with Gasteiger partial charge >= 0.3 is 0 Å². The molecule has 0 unspecified atom stereocenters. The molecule has 0 saturated carbocycles. The number of piperidine rings is 1. The Morgan fingerprint density at radius 2 is 1.91 bits per heavy atom. The summed E-state index contributed by atoms with van der Waals surface area (Å²) in [5.41, 5.74) is 4.69. The first kappa shape index (κ1) is 25.2. The van der Waals surface area contributed by atoms with Gasteiger partial charge in [0.15, 0.2) is 6.61 Å². The molecule has 33 heavy (non-hydrogen) atoms. The van der Waals surface area contributed by atoms with Crippen LogP contribution in [0.15, 0.2) is 42.5 Å². The average Bonchev–Trinajstić information content (AvgIpc) is 2.77. The third-order valence-electron chi connectivity index (χ3n) is 6.36. The number of nitrogens with zero attached hydrogens (tertiary/aromatic N) is 2. The summed E-state index contributed by atoms with van der Waals surface area (Å²) in [5, 5.41) is 3.94. The van der Waals surface area contributed by atoms with E-state index < -0.39 is 0 Å². The Balaban J connectivity index is 0.00000153. The summed E-state index contributed by atoms with van der Waals surface area (Å²) < 4.78 is 19.7. The molecule has 0 spiro atoms. The summed E-state index contributed by atoms with van der Waals surface area (Å²) in [6.07, 6.45) is 2.95. The van der Waals surface area contributed by atoms with Gasteiger partial charge in [-0.25, -0.2) is 4.39 Å². The number of hydrogen-bond donors (Lipinski definition) is 1. The van der Waals surface area contributed by atoms with Crippen LogP contribution in [0.3, 0.4) is 0 Å². The first-order chi connectivity index (χ1) is 15.0. The minimum Gasteiger partial charge on any atom is -0.482 e. The van der Waals surface area contributed by atoms with Crippen molar-refractivity contribution in [2.24, 2.45) is 0 Å². The van der Waals surface area contributed by atoms with E-state index in [9.17, 15) is 9.18 Å². The van der Waals surface area contributed by atoms with E-state index in [0.717, 1.165) is 72.5 Å². The van der Waals surface area contributed by atoms with Gasteiger partial charge in [-0.15, -0.1) is 24.8 Å². The number of anilines is 1. The molecule has 3 heterocycles. The molecule has 5 nitrogen and oxygen atoms in total. The van der Waals surface area contributed by atoms with Gasteiger partial charge in [-0.2, -0.15) is 0 Å². The molecule has 1 amide bonds. The largest absolute Gasteiger partial charge is 0.482 e. The van der Waals surface area contributed by atoms with Crippen LogP contribution in [-0.4, -0.2) is 42.0 Å². The summed E-state index contributed by atoms with van der Waals surface area (Å²) in [6.45, 7) is 4.97. The number of carbonyl (C=O) groups excluding carboxylic acids is 1. The number of pyridine rings is 1. The normalized spacial score (nSPS) is 16.2. The Kier molecular flexibility index (Phi) is 8.16. The lowest BCUT2D eigenvalue weighted by atomic mass is 9.87. The van der Waals surface area contributed by atoms with Crippen LogP contribution in [0.2, 0.25) is 0 Å². The molecule has 0 aliphatic carbocycles. The van der Waals surface area contributed by atoms with Gasteiger partial charge in [-0.05, 0) is 80.6 Å². The molecule has 2 aliphatic heterocycles. The lowest BCUT2D eigenvalue weighted by Crippen LogP contribution is -2.34. The topological polar surface area (TPSA) is 54.5 Å². The monoisotopic (exact) mass is 491 g/mol. The third kappa shape index (κ3) is 5.57. The molecule has 1 N–H and O–H groups in total. The summed E-state index contributed by atoms with van der Waals surface area (Å²) in [5.74, 6) is 0.777. The van der Waals surface area contributed by atoms with Crippen LogP contribution in [0, 0.1) is 12.7 Å². The van der Waals surface area contributed by atoms with Crippen molar-refractivity contribution in [3.05, 3.63) is 65.1 Å². The number of rotatable bonds is 4. The standard InChI is InChI=1S/C25H26FN3O2.2ClH/c1-16-2-4-20-21(13-19(26)14-22(20)27-16)18-7-10-29(11-8-18)9-6-17-3-5-24-23(12-17)28-25(30)15-31-24;;/h2-5,12-14,18H,6-11,15H2,1H3,(H,28,30);2*1H. The molecule has 2 aliphatic rings. The van der Waals surface area contributed by atoms with Gasteiger partial charge in [0, 0.05) is 23.7 Å². The van der Waals surface area contributed by atoms with Gasteiger partial charge in [-0.1, -0.05) is 12.1 Å². The number of fused-ring (bicyclic) bond motifs is 2. The summed E-state index contributed by atoms with van der Waals surface area (Å²) in [4.78, 5) is 18.5. The van der Waals surface area contributed by atoms with Crippen molar-refractivity contribution in [1.29, 1.82) is 0 Å². The lowest BCUT2D eigenvalue weighted by molar-refractivity contribution is -0.118. The van der Waals surface area contributed by atoms with E-state index in [0.29, 0.717) is 5.92 Å². The number of hydrogen-bond acceptors (Lipinski definition) is 4. The zero-order chi connectivity index (χ0) is 21.4. The van der Waals surface area contributed by atoms with Crippen LogP contribution in [0.5, 0.6) is 5.75 Å². The van der Waals surface area contributed by atoms with Crippen molar-refractivity contribution in [2.75, 3.05) is 31.6 Å². The quantitative estimate of drug-likeness (QED) is 0.539. The van der Waals surface area contributed by atoms with Crippen molar-refractivity contribution in [3.8, 4) is 5.75 Å². The highest BCUT2D eigenvalue weighted by molar-refractivity contribution is 5.95. The maximum Gasteiger partial charge on any atom is 0.262 e. The molecule has 1 aromatic heterocycles. The van der Waals surface area contributed by atoms with Gasteiger partial charge in [0.05, 0.1) is 11.2 Å². The zero-order valence-electron chi connectivity index (χ0n) is 18.5. The Morgan fingerprint density at radius 3 is 2.70 bits per heavy atom. The van der Waals surface area contributed by atoms with Gasteiger partial charge in [0.2, 0.25) is 0 Å². The van der Waals surface area contributed by atoms with Gasteiger partial charge in [-0.3, -0.25) is 9.78 Å². The fourth-order valence-corrected chi connectivity index (χ4v) is 4.71. The zero-order valence-corrected chi connectivity index (χ0v) is 20.1. The van der Waals surface area contributed by atoms with Crippen molar-refractivity contribution in [3.63, 3.8) is 0 Å². The Hall–Kier alpha value is -2.41. The molecule has 176 valence electrons. The Labute approximate surface area is 205 Å². The predicted molar refractivity (Wildman–Crippen MR) is 134 cm³/mol. The van der Waals surface area contributed by atoms with Crippen molar-refractivity contribution >= 4 is 47.3 Å². The number of benzene rings is 2. The molecule has 1 fully saturated rings. The number of amides is 1. The highest BCUT2D eigenvalue weighted by atomic mass is 35.5. The third-order valence-corrected chi connectivity index (χ3v) is 6.36. The maximum absolute atomic E-state index is 14.2. The van der Waals surface area contributed by atoms with Crippen LogP contribution >= 0.6 is 24.8 Å². The van der Waals surface area contributed by atoms with Crippen LogP contribution in [0.4, 0.5) is 10.1 Å². The summed E-state index contributed by atoms with van der Waals surface area (Å²) >= 11 is 0.